The summed E-state index contributed by atoms with van der Waals surface area (Å²) in [6, 6.07) is 4.49. The number of rotatable bonds is 5. The summed E-state index contributed by atoms with van der Waals surface area (Å²) in [5.74, 6) is -1.30. The highest BCUT2D eigenvalue weighted by atomic mass is 16.5. The zero-order chi connectivity index (χ0) is 25.4. The first-order valence-electron chi connectivity index (χ1n) is 12.0. The summed E-state index contributed by atoms with van der Waals surface area (Å²) in [4.78, 5) is 52.8. The number of imide groups is 1. The average Bonchev–Trinajstić information content (AvgIpc) is 3.41. The lowest BCUT2D eigenvalue weighted by molar-refractivity contribution is -0.136. The number of ether oxygens (including phenoxy) is 1. The Morgan fingerprint density at radius 2 is 2.08 bits per heavy atom. The molecule has 4 amide bonds. The highest BCUT2D eigenvalue weighted by molar-refractivity contribution is 6.05. The van der Waals surface area contributed by atoms with Gasteiger partial charge in [0.25, 0.3) is 11.8 Å². The average molecular weight is 497 g/mol. The standard InChI is InChI=1S/C24H28N6O6/c1-36-14-24(35)7-2-9-28(10-8-24)23(34)18-13-30(27-26-18)16-3-4-17-15(11-16)12-29(22(17)33)19-5-6-20(31)25-21(19)32/h3-4,11,13,19,35H,2,5-10,12,14H2,1H3,(H,25,31,32). The van der Waals surface area contributed by atoms with Crippen LogP contribution >= 0.6 is 0 Å². The zero-order valence-corrected chi connectivity index (χ0v) is 20.0. The Morgan fingerprint density at radius 1 is 1.25 bits per heavy atom. The third-order valence-corrected chi connectivity index (χ3v) is 7.10. The molecule has 5 rings (SSSR count). The molecule has 36 heavy (non-hydrogen) atoms. The van der Waals surface area contributed by atoms with E-state index >= 15 is 0 Å². The van der Waals surface area contributed by atoms with Gasteiger partial charge in [-0.05, 0) is 49.4 Å². The number of nitrogens with zero attached hydrogens (tertiary/aromatic N) is 5. The molecule has 2 N–H and O–H groups in total. The number of carbonyl (C=O) groups is 4. The second-order valence-corrected chi connectivity index (χ2v) is 9.59. The molecule has 12 nitrogen and oxygen atoms in total. The second-order valence-electron chi connectivity index (χ2n) is 9.59. The van der Waals surface area contributed by atoms with Gasteiger partial charge in [0.05, 0.1) is 24.1 Å². The van der Waals surface area contributed by atoms with Crippen LogP contribution in [0.3, 0.4) is 0 Å². The van der Waals surface area contributed by atoms with Crippen LogP contribution in [-0.2, 0) is 20.9 Å². The second kappa shape index (κ2) is 9.43. The third kappa shape index (κ3) is 4.49. The molecule has 12 heteroatoms. The maximum atomic E-state index is 13.1. The summed E-state index contributed by atoms with van der Waals surface area (Å²) in [5, 5.41) is 21.1. The molecule has 0 aliphatic carbocycles. The van der Waals surface area contributed by atoms with Crippen LogP contribution in [0.4, 0.5) is 0 Å². The number of methoxy groups -OCH3 is 1. The summed E-state index contributed by atoms with van der Waals surface area (Å²) in [5.41, 5.74) is 1.10. The predicted octanol–water partition coefficient (Wildman–Crippen LogP) is 0.0319. The summed E-state index contributed by atoms with van der Waals surface area (Å²) in [7, 11) is 1.55. The van der Waals surface area contributed by atoms with Gasteiger partial charge in [-0.1, -0.05) is 5.21 Å². The van der Waals surface area contributed by atoms with E-state index in [9.17, 15) is 24.3 Å². The number of aliphatic hydroxyl groups is 1. The van der Waals surface area contributed by atoms with Gasteiger partial charge < -0.3 is 19.6 Å². The van der Waals surface area contributed by atoms with E-state index in [2.05, 4.69) is 15.6 Å². The van der Waals surface area contributed by atoms with Crippen molar-refractivity contribution in [3.05, 3.63) is 41.2 Å². The number of benzene rings is 1. The van der Waals surface area contributed by atoms with Crippen molar-refractivity contribution in [3.8, 4) is 5.69 Å². The van der Waals surface area contributed by atoms with Crippen molar-refractivity contribution < 1.29 is 29.0 Å². The van der Waals surface area contributed by atoms with Crippen molar-refractivity contribution in [2.45, 2.75) is 50.3 Å². The molecule has 2 atom stereocenters. The monoisotopic (exact) mass is 496 g/mol. The minimum absolute atomic E-state index is 0.189. The lowest BCUT2D eigenvalue weighted by atomic mass is 9.96. The fraction of sp³-hybridized carbons (Fsp3) is 0.500. The lowest BCUT2D eigenvalue weighted by Crippen LogP contribution is -2.52. The molecule has 1 aromatic carbocycles. The molecule has 3 aliphatic rings. The Balaban J connectivity index is 1.29. The summed E-state index contributed by atoms with van der Waals surface area (Å²) in [6.45, 7) is 1.37. The first kappa shape index (κ1) is 24.1. The SMILES string of the molecule is COCC1(O)CCCN(C(=O)c2cn(-c3ccc4c(c3)CN(C3CCC(=O)NC3=O)C4=O)nn2)CC1. The summed E-state index contributed by atoms with van der Waals surface area (Å²) >= 11 is 0. The molecule has 0 saturated carbocycles. The van der Waals surface area contributed by atoms with E-state index in [1.54, 1.807) is 36.4 Å². The Kier molecular flexibility index (Phi) is 6.31. The molecular formula is C24H28N6O6. The molecule has 2 aromatic rings. The summed E-state index contributed by atoms with van der Waals surface area (Å²) in [6.07, 6.45) is 3.67. The van der Waals surface area contributed by atoms with Gasteiger partial charge in [-0.3, -0.25) is 24.5 Å². The van der Waals surface area contributed by atoms with Crippen LogP contribution in [-0.4, -0.2) is 92.0 Å². The van der Waals surface area contributed by atoms with E-state index in [1.807, 2.05) is 0 Å². The third-order valence-electron chi connectivity index (χ3n) is 7.10. The molecule has 2 fully saturated rings. The lowest BCUT2D eigenvalue weighted by Gasteiger charge is -2.29. The van der Waals surface area contributed by atoms with Crippen LogP contribution in [0.1, 0.15) is 58.5 Å². The van der Waals surface area contributed by atoms with Crippen molar-refractivity contribution in [1.82, 2.24) is 30.1 Å². The van der Waals surface area contributed by atoms with Crippen LogP contribution in [0, 0.1) is 0 Å². The molecule has 2 saturated heterocycles. The van der Waals surface area contributed by atoms with Crippen molar-refractivity contribution in [1.29, 1.82) is 0 Å². The van der Waals surface area contributed by atoms with Gasteiger partial charge in [-0.2, -0.15) is 0 Å². The quantitative estimate of drug-likeness (QED) is 0.551. The van der Waals surface area contributed by atoms with Crippen LogP contribution in [0.5, 0.6) is 0 Å². The molecule has 3 aliphatic heterocycles. The number of piperidine rings is 1. The fourth-order valence-corrected chi connectivity index (χ4v) is 5.15. The van der Waals surface area contributed by atoms with E-state index in [0.717, 1.165) is 5.56 Å². The number of likely N-dealkylation sites (tertiary alicyclic amines) is 1. The molecule has 190 valence electrons. The summed E-state index contributed by atoms with van der Waals surface area (Å²) < 4.78 is 6.60. The first-order chi connectivity index (χ1) is 17.3. The van der Waals surface area contributed by atoms with Crippen molar-refractivity contribution in [3.63, 3.8) is 0 Å². The maximum absolute atomic E-state index is 13.1. The number of hydrogen-bond donors (Lipinski definition) is 2. The number of carbonyl (C=O) groups excluding carboxylic acids is 4. The van der Waals surface area contributed by atoms with Gasteiger partial charge in [-0.15, -0.1) is 5.10 Å². The van der Waals surface area contributed by atoms with Gasteiger partial charge in [0.2, 0.25) is 11.8 Å². The van der Waals surface area contributed by atoms with Crippen LogP contribution in [0.25, 0.3) is 5.69 Å². The van der Waals surface area contributed by atoms with Gasteiger partial charge in [0.15, 0.2) is 5.69 Å². The number of aromatic nitrogens is 3. The first-order valence-corrected chi connectivity index (χ1v) is 12.0. The number of hydrogen-bond acceptors (Lipinski definition) is 8. The molecule has 0 bridgehead atoms. The van der Waals surface area contributed by atoms with Crippen LogP contribution in [0.2, 0.25) is 0 Å². The van der Waals surface area contributed by atoms with Crippen LogP contribution in [0.15, 0.2) is 24.4 Å². The minimum atomic E-state index is -0.940. The van der Waals surface area contributed by atoms with Gasteiger partial charge in [-0.25, -0.2) is 4.68 Å². The molecule has 0 spiro atoms. The topological polar surface area (TPSA) is 147 Å². The van der Waals surface area contributed by atoms with E-state index in [-0.39, 0.29) is 43.0 Å². The molecule has 2 unspecified atom stereocenters. The normalized spacial score (nSPS) is 24.5. The maximum Gasteiger partial charge on any atom is 0.276 e. The largest absolute Gasteiger partial charge is 0.387 e. The van der Waals surface area contributed by atoms with Gasteiger partial charge in [0, 0.05) is 38.7 Å². The fourth-order valence-electron chi connectivity index (χ4n) is 5.15. The van der Waals surface area contributed by atoms with Crippen molar-refractivity contribution in [2.24, 2.45) is 0 Å². The van der Waals surface area contributed by atoms with E-state index in [1.165, 1.54) is 9.58 Å². The van der Waals surface area contributed by atoms with Gasteiger partial charge >= 0.3 is 0 Å². The molecule has 1 aromatic heterocycles. The Bertz CT molecular complexity index is 1230. The van der Waals surface area contributed by atoms with Crippen LogP contribution < -0.4 is 5.32 Å². The smallest absolute Gasteiger partial charge is 0.276 e. The molecular weight excluding hydrogens is 468 g/mol. The number of fused-ring (bicyclic) bond motifs is 1. The Hall–Kier alpha value is -3.64. The number of nitrogens with one attached hydrogen (secondary N) is 1. The van der Waals surface area contributed by atoms with E-state index in [0.29, 0.717) is 50.0 Å². The predicted molar refractivity (Wildman–Crippen MR) is 124 cm³/mol. The van der Waals surface area contributed by atoms with E-state index in [4.69, 9.17) is 4.74 Å². The van der Waals surface area contributed by atoms with Gasteiger partial charge in [0.1, 0.15) is 6.04 Å². The minimum Gasteiger partial charge on any atom is -0.387 e. The molecule has 0 radical (unpaired) electrons. The Labute approximate surface area is 207 Å². The highest BCUT2D eigenvalue weighted by Gasteiger charge is 2.39. The molecule has 4 heterocycles. The van der Waals surface area contributed by atoms with Crippen molar-refractivity contribution >= 4 is 23.6 Å². The van der Waals surface area contributed by atoms with Crippen molar-refractivity contribution in [2.75, 3.05) is 26.8 Å². The number of amides is 4. The highest BCUT2D eigenvalue weighted by Crippen LogP contribution is 2.29. The Morgan fingerprint density at radius 3 is 2.86 bits per heavy atom. The zero-order valence-electron chi connectivity index (χ0n) is 20.0. The van der Waals surface area contributed by atoms with E-state index < -0.39 is 17.6 Å².